The minimum Gasteiger partial charge on any atom is -0.507 e. The smallest absolute Gasteiger partial charge is 0.125 e. The molecule has 73 valence electrons. The third kappa shape index (κ3) is 1.69. The van der Waals surface area contributed by atoms with Crippen LogP contribution in [0.4, 0.5) is 0 Å². The van der Waals surface area contributed by atoms with E-state index in [4.69, 9.17) is 0 Å². The first-order chi connectivity index (χ1) is 7.36. The summed E-state index contributed by atoms with van der Waals surface area (Å²) in [6.45, 7) is 0. The normalized spacial score (nSPS) is 10.2. The van der Waals surface area contributed by atoms with Crippen molar-refractivity contribution in [2.45, 2.75) is 0 Å². The van der Waals surface area contributed by atoms with Gasteiger partial charge in [-0.3, -0.25) is 4.98 Å². The Labute approximate surface area is 115 Å². The molecule has 2 aromatic carbocycles. The average molecular weight is 218 g/mol. The van der Waals surface area contributed by atoms with Crippen molar-refractivity contribution in [3.63, 3.8) is 0 Å². The number of fused-ring (bicyclic) bond motifs is 3. The Kier molecular flexibility index (Phi) is 3.15. The van der Waals surface area contributed by atoms with Crippen molar-refractivity contribution >= 4 is 51.2 Å². The Bertz CT molecular complexity index is 652. The molecule has 0 saturated carbocycles. The van der Waals surface area contributed by atoms with Crippen LogP contribution in [0.3, 0.4) is 0 Å². The quantitative estimate of drug-likeness (QED) is 0.465. The van der Waals surface area contributed by atoms with E-state index in [9.17, 15) is 5.11 Å². The van der Waals surface area contributed by atoms with Crippen LogP contribution < -0.4 is 0 Å². The predicted molar refractivity (Wildman–Crippen MR) is 66.7 cm³/mol. The molecule has 0 atom stereocenters. The van der Waals surface area contributed by atoms with Gasteiger partial charge in [0.15, 0.2) is 0 Å². The molecule has 2 nitrogen and oxygen atoms in total. The molecule has 0 unspecified atom stereocenters. The Hall–Kier alpha value is -1.09. The zero-order valence-electron chi connectivity index (χ0n) is 9.01. The second kappa shape index (κ2) is 4.42. The monoisotopic (exact) mass is 218 g/mol. The molecule has 0 saturated heterocycles. The van der Waals surface area contributed by atoms with Crippen molar-refractivity contribution in [2.75, 3.05) is 0 Å². The number of pyridine rings is 1. The van der Waals surface area contributed by atoms with Crippen LogP contribution >= 0.6 is 0 Å². The van der Waals surface area contributed by atoms with E-state index in [1.54, 1.807) is 12.3 Å². The maximum atomic E-state index is 9.83. The van der Waals surface area contributed by atoms with E-state index in [0.717, 1.165) is 21.7 Å². The van der Waals surface area contributed by atoms with Crippen LogP contribution in [0.15, 0.2) is 48.7 Å². The van der Waals surface area contributed by atoms with Gasteiger partial charge < -0.3 is 5.11 Å². The van der Waals surface area contributed by atoms with Gasteiger partial charge in [0, 0.05) is 46.5 Å². The number of phenols is 1. The van der Waals surface area contributed by atoms with E-state index in [0.29, 0.717) is 0 Å². The number of nitrogens with zero attached hydrogens (tertiary/aromatic N) is 1. The van der Waals surface area contributed by atoms with Crippen LogP contribution in [-0.4, -0.2) is 39.6 Å². The first kappa shape index (κ1) is 11.4. The largest absolute Gasteiger partial charge is 0.507 e. The standard InChI is InChI=1S/C13H9NO.Na/c15-11-5-1-3-9-6-7-10-4-2-8-14-13(10)12(9)11;/h1-8,15H;. The Morgan fingerprint density at radius 3 is 2.50 bits per heavy atom. The molecule has 0 bridgehead atoms. The van der Waals surface area contributed by atoms with E-state index in [1.165, 1.54) is 0 Å². The van der Waals surface area contributed by atoms with Crippen LogP contribution in [0.1, 0.15) is 0 Å². The van der Waals surface area contributed by atoms with E-state index >= 15 is 0 Å². The fourth-order valence-electron chi connectivity index (χ4n) is 1.90. The third-order valence-corrected chi connectivity index (χ3v) is 2.59. The molecular weight excluding hydrogens is 209 g/mol. The number of hydrogen-bond acceptors (Lipinski definition) is 2. The molecule has 0 spiro atoms. The first-order valence-electron chi connectivity index (χ1n) is 4.82. The van der Waals surface area contributed by atoms with E-state index in [2.05, 4.69) is 4.98 Å². The van der Waals surface area contributed by atoms with Gasteiger partial charge in [0.1, 0.15) is 5.75 Å². The summed E-state index contributed by atoms with van der Waals surface area (Å²) in [4.78, 5) is 4.31. The van der Waals surface area contributed by atoms with Crippen molar-refractivity contribution in [3.05, 3.63) is 48.7 Å². The fraction of sp³-hybridized carbons (Fsp3) is 0. The van der Waals surface area contributed by atoms with Gasteiger partial charge in [-0.1, -0.05) is 30.3 Å². The van der Waals surface area contributed by atoms with Crippen LogP contribution in [0.25, 0.3) is 21.7 Å². The van der Waals surface area contributed by atoms with Gasteiger partial charge in [0.25, 0.3) is 0 Å². The van der Waals surface area contributed by atoms with Gasteiger partial charge in [-0.15, -0.1) is 0 Å². The summed E-state index contributed by atoms with van der Waals surface area (Å²) in [5.41, 5.74) is 0.855. The molecule has 1 aromatic heterocycles. The Morgan fingerprint density at radius 1 is 0.875 bits per heavy atom. The van der Waals surface area contributed by atoms with Crippen LogP contribution in [0, 0.1) is 0 Å². The molecule has 0 aliphatic carbocycles. The molecule has 3 rings (SSSR count). The molecule has 0 amide bonds. The maximum absolute atomic E-state index is 9.83. The summed E-state index contributed by atoms with van der Waals surface area (Å²) >= 11 is 0. The van der Waals surface area contributed by atoms with Crippen LogP contribution in [0.5, 0.6) is 5.75 Å². The molecule has 0 fully saturated rings. The van der Waals surface area contributed by atoms with Crippen molar-refractivity contribution in [1.29, 1.82) is 0 Å². The Balaban J connectivity index is 0.000000963. The number of aromatic nitrogens is 1. The van der Waals surface area contributed by atoms with Crippen molar-refractivity contribution in [1.82, 2.24) is 4.98 Å². The van der Waals surface area contributed by atoms with Gasteiger partial charge in [-0.2, -0.15) is 0 Å². The number of aromatic hydroxyl groups is 1. The van der Waals surface area contributed by atoms with E-state index in [-0.39, 0.29) is 35.3 Å². The first-order valence-corrected chi connectivity index (χ1v) is 4.82. The third-order valence-electron chi connectivity index (χ3n) is 2.59. The number of rotatable bonds is 0. The van der Waals surface area contributed by atoms with Crippen molar-refractivity contribution < 1.29 is 5.11 Å². The van der Waals surface area contributed by atoms with E-state index in [1.807, 2.05) is 36.4 Å². The molecule has 1 radical (unpaired) electrons. The summed E-state index contributed by atoms with van der Waals surface area (Å²) in [5.74, 6) is 0.289. The molecule has 0 aliphatic heterocycles. The SMILES string of the molecule is Oc1cccc2ccc3cccnc3c12.[Na]. The zero-order valence-corrected chi connectivity index (χ0v) is 11.0. The Morgan fingerprint density at radius 2 is 1.62 bits per heavy atom. The molecular formula is C13H9NNaO. The van der Waals surface area contributed by atoms with Gasteiger partial charge >= 0.3 is 0 Å². The van der Waals surface area contributed by atoms with Gasteiger partial charge in [0.2, 0.25) is 0 Å². The van der Waals surface area contributed by atoms with Crippen LogP contribution in [0.2, 0.25) is 0 Å². The summed E-state index contributed by atoms with van der Waals surface area (Å²) in [6, 6.07) is 13.4. The van der Waals surface area contributed by atoms with Gasteiger partial charge in [0.05, 0.1) is 5.52 Å². The molecule has 1 N–H and O–H groups in total. The molecule has 1 heterocycles. The summed E-state index contributed by atoms with van der Waals surface area (Å²) in [5, 5.41) is 12.7. The average Bonchev–Trinajstić information content (AvgIpc) is 2.29. The van der Waals surface area contributed by atoms with E-state index < -0.39 is 0 Å². The van der Waals surface area contributed by atoms with Crippen molar-refractivity contribution in [2.24, 2.45) is 0 Å². The number of phenolic OH excluding ortho intramolecular Hbond substituents is 1. The minimum atomic E-state index is 0. The summed E-state index contributed by atoms with van der Waals surface area (Å²) < 4.78 is 0. The number of benzene rings is 2. The van der Waals surface area contributed by atoms with Crippen molar-refractivity contribution in [3.8, 4) is 5.75 Å². The second-order valence-electron chi connectivity index (χ2n) is 3.52. The maximum Gasteiger partial charge on any atom is 0.125 e. The van der Waals surface area contributed by atoms with Gasteiger partial charge in [-0.25, -0.2) is 0 Å². The topological polar surface area (TPSA) is 33.1 Å². The summed E-state index contributed by atoms with van der Waals surface area (Å²) in [6.07, 6.45) is 1.74. The molecule has 16 heavy (non-hydrogen) atoms. The fourth-order valence-corrected chi connectivity index (χ4v) is 1.90. The summed E-state index contributed by atoms with van der Waals surface area (Å²) in [7, 11) is 0. The van der Waals surface area contributed by atoms with Gasteiger partial charge in [-0.05, 0) is 17.5 Å². The number of hydrogen-bond donors (Lipinski definition) is 1. The minimum absolute atomic E-state index is 0. The zero-order chi connectivity index (χ0) is 10.3. The second-order valence-corrected chi connectivity index (χ2v) is 3.52. The predicted octanol–water partition coefficient (Wildman–Crippen LogP) is 2.71. The van der Waals surface area contributed by atoms with Crippen LogP contribution in [-0.2, 0) is 0 Å². The molecule has 3 heteroatoms. The molecule has 3 aromatic rings. The molecule has 0 aliphatic rings.